The van der Waals surface area contributed by atoms with Crippen molar-refractivity contribution in [2.24, 2.45) is 5.92 Å². The Kier molecular flexibility index (Phi) is 5.10. The summed E-state index contributed by atoms with van der Waals surface area (Å²) in [6.45, 7) is 8.17. The number of aromatic nitrogens is 7. The van der Waals surface area contributed by atoms with Crippen LogP contribution < -0.4 is 5.32 Å². The lowest BCUT2D eigenvalue weighted by Crippen LogP contribution is -2.31. The van der Waals surface area contributed by atoms with Gasteiger partial charge in [0, 0.05) is 11.1 Å². The third-order valence-corrected chi connectivity index (χ3v) is 6.01. The van der Waals surface area contributed by atoms with Gasteiger partial charge >= 0.3 is 0 Å². The highest BCUT2D eigenvalue weighted by molar-refractivity contribution is 7.15. The number of fused-ring (bicyclic) bond motifs is 1. The van der Waals surface area contributed by atoms with Crippen LogP contribution >= 0.6 is 11.3 Å². The van der Waals surface area contributed by atoms with Gasteiger partial charge in [0.2, 0.25) is 0 Å². The number of tetrazole rings is 1. The highest BCUT2D eigenvalue weighted by atomic mass is 32.1. The topological polar surface area (TPSA) is 103 Å². The van der Waals surface area contributed by atoms with E-state index in [2.05, 4.69) is 44.9 Å². The fraction of sp³-hybridized carbons (Fsp3) is 0.368. The Labute approximate surface area is 171 Å². The number of rotatable bonds is 6. The summed E-state index contributed by atoms with van der Waals surface area (Å²) in [5.74, 6) is 0.910. The van der Waals surface area contributed by atoms with Crippen molar-refractivity contribution in [1.82, 2.24) is 40.1 Å². The Morgan fingerprint density at radius 3 is 2.79 bits per heavy atom. The molecular formula is C19H22N8OS. The van der Waals surface area contributed by atoms with Gasteiger partial charge in [-0.2, -0.15) is 4.68 Å². The third-order valence-electron chi connectivity index (χ3n) is 4.82. The molecule has 0 spiro atoms. The zero-order valence-corrected chi connectivity index (χ0v) is 17.5. The molecule has 29 heavy (non-hydrogen) atoms. The zero-order valence-electron chi connectivity index (χ0n) is 16.7. The number of pyridine rings is 1. The predicted molar refractivity (Wildman–Crippen MR) is 109 cm³/mol. The fourth-order valence-corrected chi connectivity index (χ4v) is 4.39. The van der Waals surface area contributed by atoms with Gasteiger partial charge in [-0.05, 0) is 54.3 Å². The summed E-state index contributed by atoms with van der Waals surface area (Å²) in [7, 11) is 0. The molecule has 150 valence electrons. The average molecular weight is 411 g/mol. The maximum absolute atomic E-state index is 13.4. The highest BCUT2D eigenvalue weighted by Gasteiger charge is 2.27. The fourth-order valence-electron chi connectivity index (χ4n) is 3.32. The lowest BCUT2D eigenvalue weighted by molar-refractivity contribution is 0.0929. The van der Waals surface area contributed by atoms with Crippen molar-refractivity contribution in [1.29, 1.82) is 0 Å². The van der Waals surface area contributed by atoms with Crippen molar-refractivity contribution in [2.45, 2.75) is 40.2 Å². The van der Waals surface area contributed by atoms with E-state index in [0.29, 0.717) is 16.5 Å². The van der Waals surface area contributed by atoms with Crippen molar-refractivity contribution < 1.29 is 4.79 Å². The molecule has 4 aromatic heterocycles. The second-order valence-electron chi connectivity index (χ2n) is 7.36. The number of thiophene rings is 1. The number of amides is 1. The molecule has 0 fully saturated rings. The maximum Gasteiger partial charge on any atom is 0.255 e. The minimum Gasteiger partial charge on any atom is -0.342 e. The number of carbonyl (C=O) groups excluding carboxylic acids is 1. The van der Waals surface area contributed by atoms with E-state index in [9.17, 15) is 4.79 Å². The molecule has 1 atom stereocenters. The maximum atomic E-state index is 13.4. The van der Waals surface area contributed by atoms with E-state index in [1.165, 1.54) is 22.3 Å². The molecule has 1 unspecified atom stereocenters. The molecule has 0 aliphatic carbocycles. The van der Waals surface area contributed by atoms with E-state index in [1.807, 2.05) is 42.6 Å². The predicted octanol–water partition coefficient (Wildman–Crippen LogP) is 2.90. The molecule has 10 heteroatoms. The molecule has 1 N–H and O–H groups in total. The van der Waals surface area contributed by atoms with Crippen LogP contribution in [0.3, 0.4) is 0 Å². The summed E-state index contributed by atoms with van der Waals surface area (Å²) in [5.41, 5.74) is 2.26. The Morgan fingerprint density at radius 1 is 1.24 bits per heavy atom. The normalized spacial score (nSPS) is 12.6. The second kappa shape index (κ2) is 7.70. The summed E-state index contributed by atoms with van der Waals surface area (Å²) >= 11 is 1.49. The molecule has 4 heterocycles. The lowest BCUT2D eigenvalue weighted by atomic mass is 10.0. The first-order valence-electron chi connectivity index (χ1n) is 9.39. The first-order chi connectivity index (χ1) is 14.0. The van der Waals surface area contributed by atoms with E-state index in [0.717, 1.165) is 28.3 Å². The molecule has 0 aromatic carbocycles. The molecule has 0 saturated heterocycles. The van der Waals surface area contributed by atoms with Gasteiger partial charge in [0.05, 0.1) is 11.6 Å². The molecular weight excluding hydrogens is 388 g/mol. The number of hydrogen-bond acceptors (Lipinski definition) is 7. The Bertz CT molecular complexity index is 1140. The van der Waals surface area contributed by atoms with Crippen molar-refractivity contribution in [3.05, 3.63) is 52.6 Å². The molecule has 1 amide bonds. The Balaban J connectivity index is 1.72. The van der Waals surface area contributed by atoms with Crippen molar-refractivity contribution in [2.75, 3.05) is 0 Å². The molecule has 0 saturated carbocycles. The van der Waals surface area contributed by atoms with Crippen LogP contribution in [0.2, 0.25) is 0 Å². The minimum absolute atomic E-state index is 0.171. The van der Waals surface area contributed by atoms with Crippen LogP contribution in [0, 0.1) is 19.8 Å². The van der Waals surface area contributed by atoms with Gasteiger partial charge in [-0.25, -0.2) is 0 Å². The molecule has 9 nitrogen and oxygen atoms in total. The summed E-state index contributed by atoms with van der Waals surface area (Å²) < 4.78 is 3.45. The van der Waals surface area contributed by atoms with Crippen molar-refractivity contribution >= 4 is 22.9 Å². The summed E-state index contributed by atoms with van der Waals surface area (Å²) in [6.07, 6.45) is 4.15. The van der Waals surface area contributed by atoms with Crippen LogP contribution in [0.25, 0.3) is 10.6 Å². The summed E-state index contributed by atoms with van der Waals surface area (Å²) in [5, 5.41) is 23.8. The van der Waals surface area contributed by atoms with Crippen molar-refractivity contribution in [3.63, 3.8) is 0 Å². The Morgan fingerprint density at radius 2 is 2.07 bits per heavy atom. The average Bonchev–Trinajstić information content (AvgIpc) is 3.40. The number of aryl methyl sites for hydroxylation is 1. The zero-order chi connectivity index (χ0) is 20.5. The summed E-state index contributed by atoms with van der Waals surface area (Å²) in [4.78, 5) is 14.4. The molecule has 0 aliphatic rings. The number of nitrogens with zero attached hydrogens (tertiary/aromatic N) is 7. The minimum atomic E-state index is -0.277. The van der Waals surface area contributed by atoms with Crippen LogP contribution in [0.1, 0.15) is 52.9 Å². The van der Waals surface area contributed by atoms with E-state index in [4.69, 9.17) is 0 Å². The van der Waals surface area contributed by atoms with Crippen molar-refractivity contribution in [3.8, 4) is 5.00 Å². The smallest absolute Gasteiger partial charge is 0.255 e. The number of hydrogen-bond donors (Lipinski definition) is 1. The van der Waals surface area contributed by atoms with Gasteiger partial charge in [-0.15, -0.1) is 26.6 Å². The lowest BCUT2D eigenvalue weighted by Gasteiger charge is -2.19. The van der Waals surface area contributed by atoms with E-state index in [1.54, 1.807) is 0 Å². The van der Waals surface area contributed by atoms with Gasteiger partial charge in [0.15, 0.2) is 11.5 Å². The van der Waals surface area contributed by atoms with E-state index >= 15 is 0 Å². The first-order valence-corrected chi connectivity index (χ1v) is 10.2. The second-order valence-corrected chi connectivity index (χ2v) is 8.56. The van der Waals surface area contributed by atoms with E-state index in [-0.39, 0.29) is 11.9 Å². The van der Waals surface area contributed by atoms with Gasteiger partial charge in [-0.3, -0.25) is 9.20 Å². The number of nitrogens with one attached hydrogen (secondary N) is 1. The Hall–Kier alpha value is -3.14. The van der Waals surface area contributed by atoms with Gasteiger partial charge < -0.3 is 5.32 Å². The van der Waals surface area contributed by atoms with Crippen LogP contribution in [-0.4, -0.2) is 40.7 Å². The summed E-state index contributed by atoms with van der Waals surface area (Å²) in [6, 6.07) is 5.46. The molecule has 0 aliphatic heterocycles. The third kappa shape index (κ3) is 3.63. The number of carbonyl (C=O) groups is 1. The molecule has 0 radical (unpaired) electrons. The monoisotopic (exact) mass is 410 g/mol. The van der Waals surface area contributed by atoms with Gasteiger partial charge in [-0.1, -0.05) is 19.9 Å². The van der Waals surface area contributed by atoms with Gasteiger partial charge in [0.1, 0.15) is 11.3 Å². The molecule has 0 bridgehead atoms. The molecule has 4 aromatic rings. The van der Waals surface area contributed by atoms with Crippen LogP contribution in [0.5, 0.6) is 0 Å². The largest absolute Gasteiger partial charge is 0.342 e. The quantitative estimate of drug-likeness (QED) is 0.524. The van der Waals surface area contributed by atoms with E-state index < -0.39 is 0 Å². The first kappa shape index (κ1) is 19.2. The SMILES string of the molecule is Cc1sc(-n2cnnn2)c(C(=O)NC(CC(C)C)c2nnc3ccccn23)c1C. The molecule has 4 rings (SSSR count). The van der Waals surface area contributed by atoms with Crippen LogP contribution in [-0.2, 0) is 0 Å². The standard InChI is InChI=1S/C19H22N8OS/c1-11(2)9-14(17-23-22-15-7-5-6-8-26(15)17)21-18(28)16-12(3)13(4)29-19(16)27-10-20-24-25-27/h5-8,10-11,14H,9H2,1-4H3,(H,21,28). The van der Waals surface area contributed by atoms with Crippen LogP contribution in [0.4, 0.5) is 0 Å². The van der Waals surface area contributed by atoms with Gasteiger partial charge in [0.25, 0.3) is 5.91 Å². The highest BCUT2D eigenvalue weighted by Crippen LogP contribution is 2.31. The van der Waals surface area contributed by atoms with Crippen LogP contribution in [0.15, 0.2) is 30.7 Å².